The fourth-order valence-corrected chi connectivity index (χ4v) is 2.60. The molecular weight excluding hydrogens is 284 g/mol. The molecule has 6 heteroatoms. The summed E-state index contributed by atoms with van der Waals surface area (Å²) >= 11 is 0. The van der Waals surface area contributed by atoms with Gasteiger partial charge in [-0.25, -0.2) is 4.79 Å². The maximum absolute atomic E-state index is 12.4. The number of carbonyl (C=O) groups is 3. The number of fused-ring (bicyclic) bond motifs is 1. The van der Waals surface area contributed by atoms with E-state index in [0.717, 1.165) is 10.9 Å². The number of Topliss-reactive ketones (excluding diaryl/α,β-unsaturated/α-hetero) is 1. The Hall–Kier alpha value is -2.63. The second-order valence-corrected chi connectivity index (χ2v) is 5.35. The molecule has 114 valence electrons. The summed E-state index contributed by atoms with van der Waals surface area (Å²) in [5.74, 6) is -1.00. The van der Waals surface area contributed by atoms with Crippen LogP contribution in [0.5, 0.6) is 0 Å². The molecule has 1 aliphatic heterocycles. The van der Waals surface area contributed by atoms with Crippen molar-refractivity contribution in [1.29, 1.82) is 0 Å². The Morgan fingerprint density at radius 1 is 1.32 bits per heavy atom. The third-order valence-corrected chi connectivity index (χ3v) is 3.80. The largest absolute Gasteiger partial charge is 0.453 e. The summed E-state index contributed by atoms with van der Waals surface area (Å²) in [5.41, 5.74) is 1.35. The molecule has 1 amide bonds. The van der Waals surface area contributed by atoms with Crippen molar-refractivity contribution in [2.45, 2.75) is 31.9 Å². The van der Waals surface area contributed by atoms with Gasteiger partial charge < -0.3 is 15.0 Å². The first kappa shape index (κ1) is 14.3. The molecule has 2 atom stereocenters. The summed E-state index contributed by atoms with van der Waals surface area (Å²) in [6, 6.07) is 6.78. The molecule has 2 N–H and O–H groups in total. The number of hydrogen-bond acceptors (Lipinski definition) is 4. The van der Waals surface area contributed by atoms with Crippen LogP contribution >= 0.6 is 0 Å². The minimum atomic E-state index is -0.899. The number of ketones is 1. The van der Waals surface area contributed by atoms with Crippen LogP contribution in [-0.2, 0) is 14.3 Å². The Morgan fingerprint density at radius 3 is 2.82 bits per heavy atom. The normalized spacial score (nSPS) is 19.0. The number of amides is 1. The average molecular weight is 300 g/mol. The second-order valence-electron chi connectivity index (χ2n) is 5.35. The van der Waals surface area contributed by atoms with Crippen LogP contribution < -0.4 is 5.32 Å². The lowest BCUT2D eigenvalue weighted by atomic mass is 10.1. The predicted octanol–water partition coefficient (Wildman–Crippen LogP) is 1.56. The number of H-pyrrole nitrogens is 1. The van der Waals surface area contributed by atoms with Crippen LogP contribution in [0.15, 0.2) is 30.5 Å². The van der Waals surface area contributed by atoms with Crippen molar-refractivity contribution in [3.8, 4) is 0 Å². The average Bonchev–Trinajstić information content (AvgIpc) is 3.12. The number of esters is 1. The smallest absolute Gasteiger partial charge is 0.329 e. The van der Waals surface area contributed by atoms with Gasteiger partial charge in [-0.05, 0) is 19.4 Å². The fraction of sp³-hybridized carbons (Fsp3) is 0.312. The number of aromatic amines is 1. The molecule has 1 saturated heterocycles. The van der Waals surface area contributed by atoms with Gasteiger partial charge in [0.05, 0.1) is 0 Å². The maximum atomic E-state index is 12.4. The lowest BCUT2D eigenvalue weighted by molar-refractivity contribution is -0.149. The summed E-state index contributed by atoms with van der Waals surface area (Å²) in [4.78, 5) is 38.5. The highest BCUT2D eigenvalue weighted by molar-refractivity contribution is 6.10. The van der Waals surface area contributed by atoms with Gasteiger partial charge in [-0.15, -0.1) is 0 Å². The Labute approximate surface area is 126 Å². The van der Waals surface area contributed by atoms with E-state index < -0.39 is 18.1 Å². The van der Waals surface area contributed by atoms with Gasteiger partial charge in [-0.2, -0.15) is 0 Å². The molecule has 0 bridgehead atoms. The number of rotatable bonds is 4. The fourth-order valence-electron chi connectivity index (χ4n) is 2.60. The van der Waals surface area contributed by atoms with E-state index in [9.17, 15) is 14.4 Å². The molecule has 22 heavy (non-hydrogen) atoms. The molecule has 0 unspecified atom stereocenters. The molecule has 1 fully saturated rings. The van der Waals surface area contributed by atoms with Gasteiger partial charge in [0, 0.05) is 29.1 Å². The number of nitrogens with one attached hydrogen (secondary N) is 2. The van der Waals surface area contributed by atoms with Crippen molar-refractivity contribution >= 4 is 28.6 Å². The highest BCUT2D eigenvalue weighted by Gasteiger charge is 2.31. The van der Waals surface area contributed by atoms with Crippen molar-refractivity contribution < 1.29 is 19.1 Å². The topological polar surface area (TPSA) is 88.3 Å². The summed E-state index contributed by atoms with van der Waals surface area (Å²) in [6.07, 6.45) is 1.44. The van der Waals surface area contributed by atoms with Gasteiger partial charge in [-0.3, -0.25) is 9.59 Å². The van der Waals surface area contributed by atoms with Gasteiger partial charge >= 0.3 is 5.97 Å². The van der Waals surface area contributed by atoms with Crippen molar-refractivity contribution in [1.82, 2.24) is 10.3 Å². The zero-order valence-electron chi connectivity index (χ0n) is 12.1. The number of aromatic nitrogens is 1. The highest BCUT2D eigenvalue weighted by Crippen LogP contribution is 2.20. The van der Waals surface area contributed by atoms with Crippen molar-refractivity contribution in [3.05, 3.63) is 36.0 Å². The molecule has 0 radical (unpaired) electrons. The molecule has 0 saturated carbocycles. The molecule has 2 heterocycles. The molecule has 1 aliphatic rings. The summed E-state index contributed by atoms with van der Waals surface area (Å²) in [7, 11) is 0. The highest BCUT2D eigenvalue weighted by atomic mass is 16.5. The Morgan fingerprint density at radius 2 is 2.09 bits per heavy atom. The quantitative estimate of drug-likeness (QED) is 0.662. The third kappa shape index (κ3) is 2.59. The zero-order valence-corrected chi connectivity index (χ0v) is 12.1. The molecule has 1 aromatic heterocycles. The van der Waals surface area contributed by atoms with Crippen LogP contribution in [0.1, 0.15) is 30.1 Å². The SMILES string of the molecule is C[C@@H](OC(=O)[C@@H]1CCC(=O)N1)C(=O)c1c[nH]c2ccccc12. The summed E-state index contributed by atoms with van der Waals surface area (Å²) < 4.78 is 5.20. The van der Waals surface area contributed by atoms with Crippen molar-refractivity contribution in [2.75, 3.05) is 0 Å². The molecule has 6 nitrogen and oxygen atoms in total. The number of benzene rings is 1. The lowest BCUT2D eigenvalue weighted by Crippen LogP contribution is -2.37. The summed E-state index contributed by atoms with van der Waals surface area (Å²) in [6.45, 7) is 1.54. The lowest BCUT2D eigenvalue weighted by Gasteiger charge is -2.15. The minimum absolute atomic E-state index is 0.169. The first-order valence-corrected chi connectivity index (χ1v) is 7.16. The Kier molecular flexibility index (Phi) is 3.66. The van der Waals surface area contributed by atoms with Crippen molar-refractivity contribution in [2.24, 2.45) is 0 Å². The number of carbonyl (C=O) groups excluding carboxylic acids is 3. The first-order valence-electron chi connectivity index (χ1n) is 7.16. The number of hydrogen-bond donors (Lipinski definition) is 2. The third-order valence-electron chi connectivity index (χ3n) is 3.80. The van der Waals surface area contributed by atoms with Gasteiger partial charge in [0.15, 0.2) is 6.10 Å². The summed E-state index contributed by atoms with van der Waals surface area (Å²) in [5, 5.41) is 3.33. The maximum Gasteiger partial charge on any atom is 0.329 e. The standard InChI is InChI=1S/C16H16N2O4/c1-9(22-16(21)13-6-7-14(19)18-13)15(20)11-8-17-12-5-3-2-4-10(11)12/h2-5,8-9,13,17H,6-7H2,1H3,(H,18,19)/t9-,13+/m1/s1. The number of para-hydroxylation sites is 1. The van der Waals surface area contributed by atoms with Crippen LogP contribution in [0.3, 0.4) is 0 Å². The molecule has 1 aromatic carbocycles. The molecule has 0 aliphatic carbocycles. The monoisotopic (exact) mass is 300 g/mol. The van der Waals surface area contributed by atoms with Crippen LogP contribution in [0, 0.1) is 0 Å². The minimum Gasteiger partial charge on any atom is -0.453 e. The van der Waals surface area contributed by atoms with Gasteiger partial charge in [0.25, 0.3) is 0 Å². The number of ether oxygens (including phenoxy) is 1. The van der Waals surface area contributed by atoms with E-state index in [4.69, 9.17) is 4.74 Å². The predicted molar refractivity (Wildman–Crippen MR) is 79.3 cm³/mol. The van der Waals surface area contributed by atoms with Gasteiger partial charge in [-0.1, -0.05) is 18.2 Å². The first-order chi connectivity index (χ1) is 10.6. The van der Waals surface area contributed by atoms with Gasteiger partial charge in [0.2, 0.25) is 11.7 Å². The van der Waals surface area contributed by atoms with E-state index in [1.165, 1.54) is 0 Å². The van der Waals surface area contributed by atoms with E-state index in [-0.39, 0.29) is 11.7 Å². The second kappa shape index (κ2) is 5.63. The van der Waals surface area contributed by atoms with Crippen LogP contribution in [0.25, 0.3) is 10.9 Å². The van der Waals surface area contributed by atoms with E-state index in [1.54, 1.807) is 13.1 Å². The Balaban J connectivity index is 1.72. The Bertz CT molecular complexity index is 749. The van der Waals surface area contributed by atoms with E-state index in [2.05, 4.69) is 10.3 Å². The molecule has 0 spiro atoms. The molecular formula is C16H16N2O4. The van der Waals surface area contributed by atoms with E-state index in [1.807, 2.05) is 24.3 Å². The van der Waals surface area contributed by atoms with Gasteiger partial charge in [0.1, 0.15) is 6.04 Å². The van der Waals surface area contributed by atoms with E-state index in [0.29, 0.717) is 18.4 Å². The molecule has 3 rings (SSSR count). The van der Waals surface area contributed by atoms with Crippen LogP contribution in [-0.4, -0.2) is 34.8 Å². The molecule has 2 aromatic rings. The zero-order chi connectivity index (χ0) is 15.7. The van der Waals surface area contributed by atoms with Crippen LogP contribution in [0.2, 0.25) is 0 Å². The van der Waals surface area contributed by atoms with E-state index >= 15 is 0 Å². The van der Waals surface area contributed by atoms with Crippen molar-refractivity contribution in [3.63, 3.8) is 0 Å². The van der Waals surface area contributed by atoms with Crippen LogP contribution in [0.4, 0.5) is 0 Å².